The Morgan fingerprint density at radius 1 is 1.09 bits per heavy atom. The summed E-state index contributed by atoms with van der Waals surface area (Å²) < 4.78 is 5.23. The second kappa shape index (κ2) is 9.48. The molecule has 1 saturated heterocycles. The summed E-state index contributed by atoms with van der Waals surface area (Å²) >= 11 is 0. The molecule has 23 heavy (non-hydrogen) atoms. The van der Waals surface area contributed by atoms with Gasteiger partial charge in [0, 0.05) is 38.3 Å². The summed E-state index contributed by atoms with van der Waals surface area (Å²) in [5, 5.41) is 6.94. The standard InChI is InChI=1S/C18H35N3O2/c1-14(13-23-3)15(2)19-17-9-11-21(12-10-17)18(22)20-16-7-5-4-6-8-16/h14-17,19H,4-13H2,1-3H3,(H,20,22)/t14-,15+/m0/s1. The average Bonchev–Trinajstić information content (AvgIpc) is 2.56. The van der Waals surface area contributed by atoms with Gasteiger partial charge < -0.3 is 20.3 Å². The van der Waals surface area contributed by atoms with E-state index in [0.717, 1.165) is 45.4 Å². The molecule has 0 radical (unpaired) electrons. The third kappa shape index (κ3) is 5.96. The van der Waals surface area contributed by atoms with E-state index in [1.54, 1.807) is 7.11 Å². The number of nitrogens with zero attached hydrogens (tertiary/aromatic N) is 1. The van der Waals surface area contributed by atoms with Crippen LogP contribution in [0.1, 0.15) is 58.8 Å². The maximum atomic E-state index is 12.4. The van der Waals surface area contributed by atoms with Crippen LogP contribution in [0.2, 0.25) is 0 Å². The molecule has 2 atom stereocenters. The lowest BCUT2D eigenvalue weighted by molar-refractivity contribution is 0.131. The van der Waals surface area contributed by atoms with Gasteiger partial charge in [0.2, 0.25) is 0 Å². The van der Waals surface area contributed by atoms with Crippen LogP contribution in [0.15, 0.2) is 0 Å². The van der Waals surface area contributed by atoms with Crippen LogP contribution in [-0.4, -0.2) is 55.9 Å². The van der Waals surface area contributed by atoms with Crippen molar-refractivity contribution in [2.75, 3.05) is 26.8 Å². The molecule has 5 heteroatoms. The fourth-order valence-corrected chi connectivity index (χ4v) is 3.71. The van der Waals surface area contributed by atoms with Crippen LogP contribution in [0, 0.1) is 5.92 Å². The fraction of sp³-hybridized carbons (Fsp3) is 0.944. The highest BCUT2D eigenvalue weighted by Crippen LogP contribution is 2.18. The summed E-state index contributed by atoms with van der Waals surface area (Å²) in [4.78, 5) is 14.4. The number of carbonyl (C=O) groups is 1. The summed E-state index contributed by atoms with van der Waals surface area (Å²) in [5.74, 6) is 0.507. The van der Waals surface area contributed by atoms with Gasteiger partial charge >= 0.3 is 6.03 Å². The topological polar surface area (TPSA) is 53.6 Å². The molecule has 0 unspecified atom stereocenters. The molecule has 134 valence electrons. The van der Waals surface area contributed by atoms with E-state index in [2.05, 4.69) is 24.5 Å². The van der Waals surface area contributed by atoms with E-state index < -0.39 is 0 Å². The first-order valence-corrected chi connectivity index (χ1v) is 9.40. The minimum atomic E-state index is 0.149. The summed E-state index contributed by atoms with van der Waals surface area (Å²) in [7, 11) is 1.76. The van der Waals surface area contributed by atoms with E-state index in [9.17, 15) is 4.79 Å². The van der Waals surface area contributed by atoms with Crippen LogP contribution in [0.4, 0.5) is 4.79 Å². The predicted octanol–water partition coefficient (Wildman–Crippen LogP) is 2.75. The van der Waals surface area contributed by atoms with Gasteiger partial charge in [-0.15, -0.1) is 0 Å². The zero-order valence-electron chi connectivity index (χ0n) is 15.1. The minimum absolute atomic E-state index is 0.149. The highest BCUT2D eigenvalue weighted by atomic mass is 16.5. The Bertz CT molecular complexity index is 350. The number of ether oxygens (including phenoxy) is 1. The van der Waals surface area contributed by atoms with E-state index >= 15 is 0 Å². The van der Waals surface area contributed by atoms with Gasteiger partial charge in [-0.05, 0) is 38.5 Å². The van der Waals surface area contributed by atoms with Gasteiger partial charge in [0.25, 0.3) is 0 Å². The summed E-state index contributed by atoms with van der Waals surface area (Å²) in [6, 6.07) is 1.52. The largest absolute Gasteiger partial charge is 0.384 e. The highest BCUT2D eigenvalue weighted by Gasteiger charge is 2.26. The zero-order chi connectivity index (χ0) is 16.7. The maximum absolute atomic E-state index is 12.4. The molecule has 2 amide bonds. The zero-order valence-corrected chi connectivity index (χ0v) is 15.1. The Labute approximate surface area is 141 Å². The highest BCUT2D eigenvalue weighted by molar-refractivity contribution is 5.74. The van der Waals surface area contributed by atoms with Crippen LogP contribution in [0.25, 0.3) is 0 Å². The van der Waals surface area contributed by atoms with Gasteiger partial charge in [0.1, 0.15) is 0 Å². The Balaban J connectivity index is 1.67. The number of nitrogens with one attached hydrogen (secondary N) is 2. The molecule has 0 aromatic heterocycles. The smallest absolute Gasteiger partial charge is 0.317 e. The van der Waals surface area contributed by atoms with Crippen LogP contribution >= 0.6 is 0 Å². The minimum Gasteiger partial charge on any atom is -0.384 e. The molecule has 0 aromatic carbocycles. The molecule has 0 spiro atoms. The van der Waals surface area contributed by atoms with Crippen molar-refractivity contribution in [3.05, 3.63) is 0 Å². The van der Waals surface area contributed by atoms with E-state index in [-0.39, 0.29) is 6.03 Å². The monoisotopic (exact) mass is 325 g/mol. The molecule has 5 nitrogen and oxygen atoms in total. The number of piperidine rings is 1. The molecule has 2 fully saturated rings. The first-order chi connectivity index (χ1) is 11.1. The number of hydrogen-bond acceptors (Lipinski definition) is 3. The third-order valence-electron chi connectivity index (χ3n) is 5.50. The molecular formula is C18H35N3O2. The summed E-state index contributed by atoms with van der Waals surface area (Å²) in [5.41, 5.74) is 0. The Morgan fingerprint density at radius 2 is 1.74 bits per heavy atom. The van der Waals surface area contributed by atoms with Crippen molar-refractivity contribution >= 4 is 6.03 Å². The Hall–Kier alpha value is -0.810. The number of methoxy groups -OCH3 is 1. The molecule has 1 aliphatic carbocycles. The van der Waals surface area contributed by atoms with Gasteiger partial charge in [0.05, 0.1) is 6.61 Å². The van der Waals surface area contributed by atoms with Crippen molar-refractivity contribution in [1.29, 1.82) is 0 Å². The maximum Gasteiger partial charge on any atom is 0.317 e. The van der Waals surface area contributed by atoms with Gasteiger partial charge in [-0.2, -0.15) is 0 Å². The summed E-state index contributed by atoms with van der Waals surface area (Å²) in [6.07, 6.45) is 8.23. The number of hydrogen-bond donors (Lipinski definition) is 2. The average molecular weight is 325 g/mol. The lowest BCUT2D eigenvalue weighted by atomic mass is 9.95. The van der Waals surface area contributed by atoms with E-state index in [0.29, 0.717) is 24.0 Å². The lowest BCUT2D eigenvalue weighted by Gasteiger charge is -2.36. The van der Waals surface area contributed by atoms with Gasteiger partial charge in [-0.3, -0.25) is 0 Å². The first kappa shape index (κ1) is 18.5. The van der Waals surface area contributed by atoms with Crippen molar-refractivity contribution in [2.24, 2.45) is 5.92 Å². The number of carbonyl (C=O) groups excluding carboxylic acids is 1. The molecule has 2 rings (SSSR count). The molecule has 1 saturated carbocycles. The molecule has 0 aromatic rings. The fourth-order valence-electron chi connectivity index (χ4n) is 3.71. The SMILES string of the molecule is COC[C@H](C)[C@@H](C)NC1CCN(C(=O)NC2CCCCC2)CC1. The van der Waals surface area contributed by atoms with Gasteiger partial charge in [-0.25, -0.2) is 4.79 Å². The number of rotatable bonds is 6. The number of urea groups is 1. The van der Waals surface area contributed by atoms with Crippen molar-refractivity contribution in [1.82, 2.24) is 15.5 Å². The van der Waals surface area contributed by atoms with Crippen LogP contribution in [0.3, 0.4) is 0 Å². The van der Waals surface area contributed by atoms with Crippen molar-refractivity contribution in [2.45, 2.75) is 76.9 Å². The number of amides is 2. The second-order valence-corrected chi connectivity index (χ2v) is 7.43. The third-order valence-corrected chi connectivity index (χ3v) is 5.50. The van der Waals surface area contributed by atoms with Gasteiger partial charge in [0.15, 0.2) is 0 Å². The summed E-state index contributed by atoms with van der Waals surface area (Å²) in [6.45, 7) is 6.96. The molecular weight excluding hydrogens is 290 g/mol. The Kier molecular flexibility index (Phi) is 7.63. The predicted molar refractivity (Wildman–Crippen MR) is 93.6 cm³/mol. The quantitative estimate of drug-likeness (QED) is 0.789. The van der Waals surface area contributed by atoms with Crippen LogP contribution in [0.5, 0.6) is 0 Å². The van der Waals surface area contributed by atoms with Gasteiger partial charge in [-0.1, -0.05) is 26.2 Å². The van der Waals surface area contributed by atoms with E-state index in [1.165, 1.54) is 19.3 Å². The lowest BCUT2D eigenvalue weighted by Crippen LogP contribution is -2.52. The normalized spacial score (nSPS) is 23.5. The second-order valence-electron chi connectivity index (χ2n) is 7.43. The van der Waals surface area contributed by atoms with Crippen molar-refractivity contribution in [3.8, 4) is 0 Å². The van der Waals surface area contributed by atoms with Crippen LogP contribution < -0.4 is 10.6 Å². The molecule has 2 aliphatic rings. The molecule has 0 bridgehead atoms. The van der Waals surface area contributed by atoms with Crippen LogP contribution in [-0.2, 0) is 4.74 Å². The Morgan fingerprint density at radius 3 is 2.35 bits per heavy atom. The molecule has 1 aliphatic heterocycles. The molecule has 2 N–H and O–H groups in total. The van der Waals surface area contributed by atoms with E-state index in [1.807, 2.05) is 4.90 Å². The van der Waals surface area contributed by atoms with E-state index in [4.69, 9.17) is 4.74 Å². The number of likely N-dealkylation sites (tertiary alicyclic amines) is 1. The van der Waals surface area contributed by atoms with Crippen molar-refractivity contribution in [3.63, 3.8) is 0 Å². The first-order valence-electron chi connectivity index (χ1n) is 9.40. The molecule has 1 heterocycles. The van der Waals surface area contributed by atoms with Crippen molar-refractivity contribution < 1.29 is 9.53 Å².